The molecule has 65 heavy (non-hydrogen) atoms. The summed E-state index contributed by atoms with van der Waals surface area (Å²) in [6.07, 6.45) is 4.37. The Morgan fingerprint density at radius 2 is 1.46 bits per heavy atom. The summed E-state index contributed by atoms with van der Waals surface area (Å²) in [6, 6.07) is 31.8. The Hall–Kier alpha value is -6.18. The monoisotopic (exact) mass is 879 g/mol. The van der Waals surface area contributed by atoms with Crippen molar-refractivity contribution in [3.8, 4) is 11.5 Å². The minimum absolute atomic E-state index is 0.143. The number of aromatic hydroxyl groups is 1. The van der Waals surface area contributed by atoms with Crippen molar-refractivity contribution in [3.05, 3.63) is 125 Å². The Morgan fingerprint density at radius 1 is 0.754 bits per heavy atom. The van der Waals surface area contributed by atoms with Gasteiger partial charge in [0.1, 0.15) is 24.1 Å². The number of imide groups is 1. The van der Waals surface area contributed by atoms with Crippen LogP contribution >= 0.6 is 0 Å². The summed E-state index contributed by atoms with van der Waals surface area (Å²) in [5, 5.41) is 16.0. The Labute approximate surface area is 382 Å². The van der Waals surface area contributed by atoms with Crippen molar-refractivity contribution in [2.75, 3.05) is 77.0 Å². The van der Waals surface area contributed by atoms with E-state index < -0.39 is 11.9 Å². The van der Waals surface area contributed by atoms with Crippen LogP contribution in [0.15, 0.2) is 97.1 Å². The molecule has 5 aliphatic heterocycles. The molecule has 0 radical (unpaired) electrons. The molecule has 0 aromatic heterocycles. The van der Waals surface area contributed by atoms with Gasteiger partial charge in [0, 0.05) is 101 Å². The van der Waals surface area contributed by atoms with Crippen molar-refractivity contribution in [2.45, 2.75) is 64.1 Å². The van der Waals surface area contributed by atoms with Gasteiger partial charge in [0.15, 0.2) is 0 Å². The first kappa shape index (κ1) is 44.0. The topological polar surface area (TPSA) is 138 Å². The van der Waals surface area contributed by atoms with E-state index in [1.54, 1.807) is 17.0 Å². The molecule has 5 aliphatic rings. The van der Waals surface area contributed by atoms with Gasteiger partial charge < -0.3 is 34.8 Å². The zero-order chi connectivity index (χ0) is 44.9. The summed E-state index contributed by atoms with van der Waals surface area (Å²) < 4.78 is 6.23. The Bertz CT molecular complexity index is 2370. The molecule has 0 bridgehead atoms. The quantitative estimate of drug-likeness (QED) is 0.112. The number of ether oxygens (including phenoxy) is 1. The van der Waals surface area contributed by atoms with Crippen LogP contribution in [0, 0.1) is 5.92 Å². The number of likely N-dealkylation sites (tertiary alicyclic amines) is 1. The van der Waals surface area contributed by atoms with Gasteiger partial charge in [-0.3, -0.25) is 24.6 Å². The third kappa shape index (κ3) is 9.77. The van der Waals surface area contributed by atoms with E-state index in [2.05, 4.69) is 69.8 Å². The fourth-order valence-corrected chi connectivity index (χ4v) is 10.6. The van der Waals surface area contributed by atoms with Crippen LogP contribution in [0.25, 0.3) is 11.1 Å². The largest absolute Gasteiger partial charge is 0.508 e. The molecule has 3 N–H and O–H groups in total. The SMILES string of the molecule is CCC(=C(c1ccc(O)cc1)c1ccc(OCCN2CCN(C(=O)N3CCC(CC4CNCCN4c4cccc5c4CN(C4CCC(=O)NC4=O)C5=O)CC3)CC2)cc1)c1ccccc1. The number of anilines is 1. The number of phenols is 1. The van der Waals surface area contributed by atoms with Crippen LogP contribution in [0.4, 0.5) is 10.5 Å². The molecule has 340 valence electrons. The van der Waals surface area contributed by atoms with E-state index in [-0.39, 0.29) is 36.1 Å². The first-order chi connectivity index (χ1) is 31.7. The van der Waals surface area contributed by atoms with Crippen LogP contribution in [-0.2, 0) is 16.1 Å². The van der Waals surface area contributed by atoms with Gasteiger partial charge in [-0.1, -0.05) is 67.6 Å². The minimum Gasteiger partial charge on any atom is -0.508 e. The highest BCUT2D eigenvalue weighted by Gasteiger charge is 2.41. The molecule has 2 unspecified atom stereocenters. The number of nitrogens with zero attached hydrogens (tertiary/aromatic N) is 5. The number of piperazine rings is 2. The number of carbonyl (C=O) groups excluding carboxylic acids is 4. The van der Waals surface area contributed by atoms with Gasteiger partial charge in [0.05, 0.1) is 0 Å². The van der Waals surface area contributed by atoms with Crippen LogP contribution in [0.3, 0.4) is 0 Å². The first-order valence-corrected chi connectivity index (χ1v) is 23.6. The predicted molar refractivity (Wildman–Crippen MR) is 252 cm³/mol. The molecule has 9 rings (SSSR count). The predicted octanol–water partition coefficient (Wildman–Crippen LogP) is 6.22. The normalized spacial score (nSPS) is 21.3. The lowest BCUT2D eigenvalue weighted by Crippen LogP contribution is -2.55. The number of allylic oxidation sites excluding steroid dienone is 1. The third-order valence-electron chi connectivity index (χ3n) is 14.1. The highest BCUT2D eigenvalue weighted by Crippen LogP contribution is 2.38. The summed E-state index contributed by atoms with van der Waals surface area (Å²) >= 11 is 0. The maximum Gasteiger partial charge on any atom is 0.320 e. The highest BCUT2D eigenvalue weighted by atomic mass is 16.5. The zero-order valence-electron chi connectivity index (χ0n) is 37.4. The van der Waals surface area contributed by atoms with Gasteiger partial charge in [-0.05, 0) is 102 Å². The van der Waals surface area contributed by atoms with Gasteiger partial charge in [0.2, 0.25) is 11.8 Å². The molecule has 13 nitrogen and oxygen atoms in total. The first-order valence-electron chi connectivity index (χ1n) is 23.6. The molecule has 13 heteroatoms. The lowest BCUT2D eigenvalue weighted by molar-refractivity contribution is -0.136. The molecule has 5 heterocycles. The second-order valence-electron chi connectivity index (χ2n) is 18.0. The van der Waals surface area contributed by atoms with Gasteiger partial charge >= 0.3 is 6.03 Å². The van der Waals surface area contributed by atoms with E-state index in [4.69, 9.17) is 4.74 Å². The van der Waals surface area contributed by atoms with Gasteiger partial charge in [-0.2, -0.15) is 0 Å². The summed E-state index contributed by atoms with van der Waals surface area (Å²) in [5.41, 5.74) is 8.37. The number of phenolic OH excluding ortho intramolecular Hbond substituents is 1. The average molecular weight is 880 g/mol. The van der Waals surface area contributed by atoms with Crippen molar-refractivity contribution in [2.24, 2.45) is 5.92 Å². The smallest absolute Gasteiger partial charge is 0.320 e. The maximum absolute atomic E-state index is 13.7. The van der Waals surface area contributed by atoms with Crippen molar-refractivity contribution in [3.63, 3.8) is 0 Å². The Morgan fingerprint density at radius 3 is 2.17 bits per heavy atom. The number of carbonyl (C=O) groups is 4. The number of amides is 5. The van der Waals surface area contributed by atoms with Crippen LogP contribution < -0.4 is 20.3 Å². The average Bonchev–Trinajstić information content (AvgIpc) is 3.67. The van der Waals surface area contributed by atoms with Crippen LogP contribution in [-0.4, -0.2) is 133 Å². The lowest BCUT2D eigenvalue weighted by Gasteiger charge is -2.43. The molecule has 4 fully saturated rings. The van der Waals surface area contributed by atoms with E-state index >= 15 is 0 Å². The highest BCUT2D eigenvalue weighted by molar-refractivity contribution is 6.06. The standard InChI is InChI=1S/C52H61N7O6/c1-2-43(37-7-4-3-5-8-37)49(38-11-15-41(60)16-12-38)39-13-17-42(18-14-39)65-32-31-55-27-29-57(30-28-55)52(64)56-24-21-36(22-25-56)33-40-34-53-23-26-58(40)46-10-6-9-44-45(46)35-59(51(44)63)47-19-20-48(61)54-50(47)62/h3-18,36,40,47,53,60H,2,19-35H2,1H3,(H,54,61,62). The van der Waals surface area contributed by atoms with Crippen molar-refractivity contribution in [1.29, 1.82) is 0 Å². The van der Waals surface area contributed by atoms with E-state index in [0.717, 1.165) is 112 Å². The summed E-state index contributed by atoms with van der Waals surface area (Å²) in [6.45, 7) is 11.0. The van der Waals surface area contributed by atoms with Crippen molar-refractivity contribution in [1.82, 2.24) is 30.2 Å². The van der Waals surface area contributed by atoms with Gasteiger partial charge in [0.25, 0.3) is 5.91 Å². The van der Waals surface area contributed by atoms with E-state index in [9.17, 15) is 24.3 Å². The molecule has 4 aromatic carbocycles. The molecule has 0 saturated carbocycles. The zero-order valence-corrected chi connectivity index (χ0v) is 37.4. The molecule has 2 atom stereocenters. The van der Waals surface area contributed by atoms with E-state index in [1.807, 2.05) is 52.3 Å². The molecular formula is C52H61N7O6. The molecule has 0 spiro atoms. The fourth-order valence-electron chi connectivity index (χ4n) is 10.6. The number of rotatable bonds is 12. The summed E-state index contributed by atoms with van der Waals surface area (Å²) in [7, 11) is 0. The number of piperidine rings is 2. The molecular weight excluding hydrogens is 819 g/mol. The minimum atomic E-state index is -0.635. The van der Waals surface area contributed by atoms with Crippen LogP contribution in [0.5, 0.6) is 11.5 Å². The lowest BCUT2D eigenvalue weighted by atomic mass is 9.88. The second kappa shape index (κ2) is 19.9. The fraction of sp³-hybridized carbons (Fsp3) is 0.423. The number of urea groups is 1. The van der Waals surface area contributed by atoms with Crippen molar-refractivity contribution >= 4 is 40.6 Å². The second-order valence-corrected chi connectivity index (χ2v) is 18.0. The number of fused-ring (bicyclic) bond motifs is 1. The molecule has 4 saturated heterocycles. The molecule has 5 amide bonds. The molecule has 4 aromatic rings. The van der Waals surface area contributed by atoms with Crippen LogP contribution in [0.2, 0.25) is 0 Å². The van der Waals surface area contributed by atoms with E-state index in [1.165, 1.54) is 11.1 Å². The van der Waals surface area contributed by atoms with Gasteiger partial charge in [-0.25, -0.2) is 4.79 Å². The Kier molecular flexibility index (Phi) is 13.5. The maximum atomic E-state index is 13.7. The Balaban J connectivity index is 0.734. The van der Waals surface area contributed by atoms with E-state index in [0.29, 0.717) is 44.1 Å². The number of nitrogens with one attached hydrogen (secondary N) is 2. The van der Waals surface area contributed by atoms with Crippen LogP contribution in [0.1, 0.15) is 78.1 Å². The summed E-state index contributed by atoms with van der Waals surface area (Å²) in [4.78, 5) is 62.3. The number of hydrogen-bond acceptors (Lipinski definition) is 9. The third-order valence-corrected chi connectivity index (χ3v) is 14.1. The summed E-state index contributed by atoms with van der Waals surface area (Å²) in [5.74, 6) is 0.729. The van der Waals surface area contributed by atoms with Gasteiger partial charge in [-0.15, -0.1) is 0 Å². The van der Waals surface area contributed by atoms with Crippen molar-refractivity contribution < 1.29 is 29.0 Å². The number of benzene rings is 4. The molecule has 0 aliphatic carbocycles. The number of hydrogen-bond donors (Lipinski definition) is 3.